The lowest BCUT2D eigenvalue weighted by molar-refractivity contribution is 0.101. The maximum absolute atomic E-state index is 11.1. The molecular formula is C10H15NOS. The Balaban J connectivity index is 2.76. The Labute approximate surface area is 82.8 Å². The topological polar surface area (TPSA) is 43.1 Å². The molecule has 0 aliphatic rings. The van der Waals surface area contributed by atoms with Crippen LogP contribution in [0.1, 0.15) is 41.9 Å². The largest absolute Gasteiger partial charge is 0.390 e. The Hall–Kier alpha value is -0.830. The highest BCUT2D eigenvalue weighted by molar-refractivity contribution is 7.16. The van der Waals surface area contributed by atoms with Crippen LogP contribution in [0, 0.1) is 0 Å². The Morgan fingerprint density at radius 2 is 2.31 bits per heavy atom. The van der Waals surface area contributed by atoms with Gasteiger partial charge in [0.15, 0.2) is 5.78 Å². The number of nitrogens with two attached hydrogens (primary N) is 1. The maximum atomic E-state index is 11.1. The van der Waals surface area contributed by atoms with Crippen LogP contribution >= 0.6 is 11.3 Å². The summed E-state index contributed by atoms with van der Waals surface area (Å²) in [6.45, 7) is 3.71. The van der Waals surface area contributed by atoms with E-state index in [0.29, 0.717) is 10.6 Å². The fourth-order valence-electron chi connectivity index (χ4n) is 1.21. The molecule has 0 saturated heterocycles. The smallest absolute Gasteiger partial charge is 0.162 e. The molecule has 1 heterocycles. The molecule has 0 bridgehead atoms. The molecule has 72 valence electrons. The van der Waals surface area contributed by atoms with Crippen LogP contribution in [0.25, 0.3) is 0 Å². The molecule has 0 radical (unpaired) electrons. The van der Waals surface area contributed by atoms with E-state index < -0.39 is 0 Å². The minimum Gasteiger partial charge on any atom is -0.390 e. The van der Waals surface area contributed by atoms with Crippen molar-refractivity contribution < 1.29 is 4.79 Å². The summed E-state index contributed by atoms with van der Waals surface area (Å²) in [4.78, 5) is 12.3. The van der Waals surface area contributed by atoms with Crippen LogP contribution in [0.2, 0.25) is 0 Å². The van der Waals surface area contributed by atoms with E-state index in [1.807, 2.05) is 6.07 Å². The van der Waals surface area contributed by atoms with Crippen LogP contribution in [-0.2, 0) is 6.42 Å². The molecule has 0 aromatic carbocycles. The summed E-state index contributed by atoms with van der Waals surface area (Å²) in [6.07, 6.45) is 3.38. The van der Waals surface area contributed by atoms with E-state index >= 15 is 0 Å². The van der Waals surface area contributed by atoms with Crippen LogP contribution < -0.4 is 5.73 Å². The molecule has 0 aliphatic carbocycles. The predicted octanol–water partition coefficient (Wildman–Crippen LogP) is 2.88. The fraction of sp³-hybridized carbons (Fsp3) is 0.500. The van der Waals surface area contributed by atoms with Crippen molar-refractivity contribution in [3.63, 3.8) is 0 Å². The number of unbranched alkanes of at least 4 members (excludes halogenated alkanes) is 1. The Morgan fingerprint density at radius 3 is 2.77 bits per heavy atom. The lowest BCUT2D eigenvalue weighted by Gasteiger charge is -1.91. The first kappa shape index (κ1) is 10.3. The fourth-order valence-corrected chi connectivity index (χ4v) is 2.23. The molecule has 0 amide bonds. The summed E-state index contributed by atoms with van der Waals surface area (Å²) >= 11 is 1.54. The molecule has 2 N–H and O–H groups in total. The molecule has 13 heavy (non-hydrogen) atoms. The first-order chi connectivity index (χ1) is 6.15. The highest BCUT2D eigenvalue weighted by Gasteiger charge is 2.09. The number of nitrogen functional groups attached to an aromatic ring is 1. The van der Waals surface area contributed by atoms with Crippen LogP contribution in [0.15, 0.2) is 6.07 Å². The SMILES string of the molecule is CCCCc1cc(C(C)=O)c(N)s1. The number of Topliss-reactive ketones (excluding diaryl/α,β-unsaturated/α-hetero) is 1. The van der Waals surface area contributed by atoms with Crippen molar-refractivity contribution in [3.05, 3.63) is 16.5 Å². The van der Waals surface area contributed by atoms with Gasteiger partial charge in [0.2, 0.25) is 0 Å². The second kappa shape index (κ2) is 4.42. The van der Waals surface area contributed by atoms with E-state index in [9.17, 15) is 4.79 Å². The van der Waals surface area contributed by atoms with Crippen molar-refractivity contribution in [2.24, 2.45) is 0 Å². The van der Waals surface area contributed by atoms with Gasteiger partial charge < -0.3 is 5.73 Å². The van der Waals surface area contributed by atoms with Crippen molar-refractivity contribution in [1.82, 2.24) is 0 Å². The van der Waals surface area contributed by atoms with Crippen molar-refractivity contribution in [2.45, 2.75) is 33.1 Å². The van der Waals surface area contributed by atoms with Gasteiger partial charge in [0, 0.05) is 4.88 Å². The quantitative estimate of drug-likeness (QED) is 0.754. The highest BCUT2D eigenvalue weighted by atomic mass is 32.1. The molecule has 3 heteroatoms. The zero-order valence-corrected chi connectivity index (χ0v) is 8.91. The van der Waals surface area contributed by atoms with E-state index in [1.54, 1.807) is 6.92 Å². The van der Waals surface area contributed by atoms with Gasteiger partial charge in [-0.3, -0.25) is 4.79 Å². The first-order valence-electron chi connectivity index (χ1n) is 4.54. The molecule has 1 aromatic heterocycles. The summed E-state index contributed by atoms with van der Waals surface area (Å²) in [6, 6.07) is 1.93. The number of aryl methyl sites for hydroxylation is 1. The number of thiophene rings is 1. The molecule has 0 fully saturated rings. The molecule has 1 rings (SSSR count). The van der Waals surface area contributed by atoms with Crippen LogP contribution in [0.3, 0.4) is 0 Å². The second-order valence-electron chi connectivity index (χ2n) is 3.15. The van der Waals surface area contributed by atoms with Gasteiger partial charge in [-0.25, -0.2) is 0 Å². The van der Waals surface area contributed by atoms with Gasteiger partial charge >= 0.3 is 0 Å². The lowest BCUT2D eigenvalue weighted by atomic mass is 10.2. The van der Waals surface area contributed by atoms with Gasteiger partial charge in [-0.2, -0.15) is 0 Å². The Morgan fingerprint density at radius 1 is 1.62 bits per heavy atom. The van der Waals surface area contributed by atoms with Crippen molar-refractivity contribution in [1.29, 1.82) is 0 Å². The van der Waals surface area contributed by atoms with Gasteiger partial charge in [-0.05, 0) is 25.8 Å². The number of rotatable bonds is 4. The van der Waals surface area contributed by atoms with Crippen molar-refractivity contribution in [3.8, 4) is 0 Å². The van der Waals surface area contributed by atoms with E-state index in [2.05, 4.69) is 6.92 Å². The third kappa shape index (κ3) is 2.56. The number of ketones is 1. The molecule has 0 spiro atoms. The van der Waals surface area contributed by atoms with E-state index in [-0.39, 0.29) is 5.78 Å². The summed E-state index contributed by atoms with van der Waals surface area (Å²) < 4.78 is 0. The highest BCUT2D eigenvalue weighted by Crippen LogP contribution is 2.26. The maximum Gasteiger partial charge on any atom is 0.162 e. The number of hydrogen-bond donors (Lipinski definition) is 1. The number of carbonyl (C=O) groups is 1. The molecule has 0 unspecified atom stereocenters. The average Bonchev–Trinajstić information content (AvgIpc) is 2.43. The normalized spacial score (nSPS) is 10.3. The zero-order valence-electron chi connectivity index (χ0n) is 8.09. The van der Waals surface area contributed by atoms with E-state index in [4.69, 9.17) is 5.73 Å². The monoisotopic (exact) mass is 197 g/mol. The second-order valence-corrected chi connectivity index (χ2v) is 4.32. The van der Waals surface area contributed by atoms with E-state index in [1.165, 1.54) is 22.6 Å². The Kier molecular flexibility index (Phi) is 3.48. The molecule has 0 aliphatic heterocycles. The van der Waals surface area contributed by atoms with Crippen LogP contribution in [-0.4, -0.2) is 5.78 Å². The molecule has 1 aromatic rings. The molecule has 2 nitrogen and oxygen atoms in total. The first-order valence-corrected chi connectivity index (χ1v) is 5.36. The van der Waals surface area contributed by atoms with Crippen molar-refractivity contribution >= 4 is 22.1 Å². The minimum absolute atomic E-state index is 0.0662. The summed E-state index contributed by atoms with van der Waals surface area (Å²) in [7, 11) is 0. The van der Waals surface area contributed by atoms with Crippen LogP contribution in [0.4, 0.5) is 5.00 Å². The van der Waals surface area contributed by atoms with Gasteiger partial charge in [0.1, 0.15) is 0 Å². The summed E-state index contributed by atoms with van der Waals surface area (Å²) in [5.41, 5.74) is 6.40. The lowest BCUT2D eigenvalue weighted by Crippen LogP contribution is -1.93. The molecular weight excluding hydrogens is 182 g/mol. The standard InChI is InChI=1S/C10H15NOS/c1-3-4-5-8-6-9(7(2)12)10(11)13-8/h6H,3-5,11H2,1-2H3. The van der Waals surface area contributed by atoms with Gasteiger partial charge in [0.05, 0.1) is 10.6 Å². The Bertz CT molecular complexity index is 304. The average molecular weight is 197 g/mol. The van der Waals surface area contributed by atoms with Gasteiger partial charge in [-0.15, -0.1) is 11.3 Å². The summed E-state index contributed by atoms with van der Waals surface area (Å²) in [5.74, 6) is 0.0662. The third-order valence-corrected chi connectivity index (χ3v) is 2.99. The predicted molar refractivity (Wildman–Crippen MR) is 57.3 cm³/mol. The summed E-state index contributed by atoms with van der Waals surface area (Å²) in [5, 5.41) is 0.665. The van der Waals surface area contributed by atoms with Crippen molar-refractivity contribution in [2.75, 3.05) is 5.73 Å². The number of hydrogen-bond acceptors (Lipinski definition) is 3. The van der Waals surface area contributed by atoms with E-state index in [0.717, 1.165) is 12.8 Å². The molecule has 0 saturated carbocycles. The van der Waals surface area contributed by atoms with Gasteiger partial charge in [-0.1, -0.05) is 13.3 Å². The van der Waals surface area contributed by atoms with Gasteiger partial charge in [0.25, 0.3) is 0 Å². The zero-order chi connectivity index (χ0) is 9.84. The minimum atomic E-state index is 0.0662. The molecule has 0 atom stereocenters. The third-order valence-electron chi connectivity index (χ3n) is 1.97. The van der Waals surface area contributed by atoms with Crippen LogP contribution in [0.5, 0.6) is 0 Å². The number of anilines is 1. The number of carbonyl (C=O) groups excluding carboxylic acids is 1.